The summed E-state index contributed by atoms with van der Waals surface area (Å²) in [5.74, 6) is 0. The molecule has 1 aromatic carbocycles. The van der Waals surface area contributed by atoms with Gasteiger partial charge in [-0.15, -0.1) is 0 Å². The molecule has 0 atom stereocenters. The highest BCUT2D eigenvalue weighted by molar-refractivity contribution is 5.47. The lowest BCUT2D eigenvalue weighted by Gasteiger charge is -2.21. The second kappa shape index (κ2) is 7.79. The van der Waals surface area contributed by atoms with Crippen molar-refractivity contribution < 1.29 is 0 Å². The van der Waals surface area contributed by atoms with Crippen LogP contribution in [0.5, 0.6) is 0 Å². The third kappa shape index (κ3) is 4.30. The number of aryl methyl sites for hydroxylation is 1. The maximum atomic E-state index is 4.18. The molecule has 0 fully saturated rings. The van der Waals surface area contributed by atoms with Crippen LogP contribution in [0.2, 0.25) is 0 Å². The molecule has 0 aliphatic rings. The molecule has 0 unspecified atom stereocenters. The maximum Gasteiger partial charge on any atom is 0.0366 e. The van der Waals surface area contributed by atoms with Crippen molar-refractivity contribution in [3.8, 4) is 0 Å². The number of nitrogens with zero attached hydrogens (tertiary/aromatic N) is 2. The van der Waals surface area contributed by atoms with Gasteiger partial charge in [-0.2, -0.15) is 0 Å². The van der Waals surface area contributed by atoms with Crippen LogP contribution in [0.25, 0.3) is 0 Å². The van der Waals surface area contributed by atoms with E-state index in [0.29, 0.717) is 0 Å². The maximum absolute atomic E-state index is 4.18. The van der Waals surface area contributed by atoms with Gasteiger partial charge in [0.25, 0.3) is 0 Å². The zero-order valence-corrected chi connectivity index (χ0v) is 13.3. The molecule has 112 valence electrons. The van der Waals surface area contributed by atoms with Crippen molar-refractivity contribution in [1.29, 1.82) is 0 Å². The van der Waals surface area contributed by atoms with Crippen LogP contribution in [0.3, 0.4) is 0 Å². The van der Waals surface area contributed by atoms with Crippen molar-refractivity contribution in [2.75, 3.05) is 18.0 Å². The van der Waals surface area contributed by atoms with E-state index in [1.54, 1.807) is 0 Å². The Kier molecular flexibility index (Phi) is 5.76. The molecule has 0 saturated carbocycles. The fourth-order valence-electron chi connectivity index (χ4n) is 2.44. The molecule has 0 spiro atoms. The lowest BCUT2D eigenvalue weighted by Crippen LogP contribution is -2.21. The van der Waals surface area contributed by atoms with Crippen LogP contribution in [0.4, 0.5) is 5.69 Å². The van der Waals surface area contributed by atoms with Gasteiger partial charge < -0.3 is 10.2 Å². The summed E-state index contributed by atoms with van der Waals surface area (Å²) in [5, 5.41) is 3.48. The highest BCUT2D eigenvalue weighted by atomic mass is 15.1. The van der Waals surface area contributed by atoms with E-state index in [4.69, 9.17) is 0 Å². The number of hydrogen-bond acceptors (Lipinski definition) is 3. The van der Waals surface area contributed by atoms with E-state index in [1.807, 2.05) is 12.4 Å². The van der Waals surface area contributed by atoms with E-state index >= 15 is 0 Å². The second-order valence-corrected chi connectivity index (χ2v) is 5.24. The number of rotatable bonds is 7. The van der Waals surface area contributed by atoms with Gasteiger partial charge >= 0.3 is 0 Å². The zero-order valence-electron chi connectivity index (χ0n) is 13.3. The molecule has 1 heterocycles. The van der Waals surface area contributed by atoms with Gasteiger partial charge in [0.1, 0.15) is 0 Å². The van der Waals surface area contributed by atoms with Crippen LogP contribution in [-0.2, 0) is 13.1 Å². The van der Waals surface area contributed by atoms with Crippen LogP contribution in [0.1, 0.15) is 30.5 Å². The molecule has 2 aromatic rings. The summed E-state index contributed by atoms with van der Waals surface area (Å²) in [6.07, 6.45) is 3.77. The van der Waals surface area contributed by atoms with E-state index in [1.165, 1.54) is 22.4 Å². The Hall–Kier alpha value is -1.87. The molecular weight excluding hydrogens is 258 g/mol. The molecule has 1 aromatic heterocycles. The van der Waals surface area contributed by atoms with Crippen LogP contribution < -0.4 is 10.2 Å². The van der Waals surface area contributed by atoms with Crippen molar-refractivity contribution >= 4 is 5.69 Å². The van der Waals surface area contributed by atoms with Gasteiger partial charge in [-0.3, -0.25) is 4.98 Å². The smallest absolute Gasteiger partial charge is 0.0366 e. The molecule has 0 aliphatic heterocycles. The molecule has 2 rings (SSSR count). The minimum absolute atomic E-state index is 0.859. The lowest BCUT2D eigenvalue weighted by molar-refractivity contribution is 0.688. The average molecular weight is 283 g/mol. The van der Waals surface area contributed by atoms with E-state index in [2.05, 4.69) is 66.3 Å². The minimum atomic E-state index is 0.859. The zero-order chi connectivity index (χ0) is 15.1. The van der Waals surface area contributed by atoms with Crippen LogP contribution in [0, 0.1) is 6.92 Å². The Bertz CT molecular complexity index is 545. The van der Waals surface area contributed by atoms with Gasteiger partial charge in [0.15, 0.2) is 0 Å². The Labute approximate surface area is 128 Å². The highest BCUT2D eigenvalue weighted by Crippen LogP contribution is 2.15. The molecular formula is C18H25N3. The number of pyridine rings is 1. The van der Waals surface area contributed by atoms with E-state index in [0.717, 1.165) is 26.2 Å². The third-order valence-electron chi connectivity index (χ3n) is 3.86. The Balaban J connectivity index is 1.88. The quantitative estimate of drug-likeness (QED) is 0.842. The molecule has 21 heavy (non-hydrogen) atoms. The molecule has 0 saturated heterocycles. The molecule has 0 radical (unpaired) electrons. The van der Waals surface area contributed by atoms with Crippen molar-refractivity contribution in [3.63, 3.8) is 0 Å². The summed E-state index contributed by atoms with van der Waals surface area (Å²) in [4.78, 5) is 6.53. The van der Waals surface area contributed by atoms with Crippen molar-refractivity contribution in [3.05, 3.63) is 59.4 Å². The van der Waals surface area contributed by atoms with E-state index in [-0.39, 0.29) is 0 Å². The topological polar surface area (TPSA) is 28.2 Å². The molecule has 1 N–H and O–H groups in total. The van der Waals surface area contributed by atoms with Gasteiger partial charge in [0.05, 0.1) is 0 Å². The minimum Gasteiger partial charge on any atom is -0.372 e. The summed E-state index contributed by atoms with van der Waals surface area (Å²) in [6.45, 7) is 10.3. The lowest BCUT2D eigenvalue weighted by atomic mass is 10.1. The van der Waals surface area contributed by atoms with Gasteiger partial charge in [-0.05, 0) is 55.7 Å². The molecule has 0 aliphatic carbocycles. The molecule has 3 heteroatoms. The monoisotopic (exact) mass is 283 g/mol. The van der Waals surface area contributed by atoms with Crippen LogP contribution in [0.15, 0.2) is 42.7 Å². The number of nitrogens with one attached hydrogen (secondary N) is 1. The van der Waals surface area contributed by atoms with Gasteiger partial charge in [-0.1, -0.05) is 12.1 Å². The van der Waals surface area contributed by atoms with Gasteiger partial charge in [0.2, 0.25) is 0 Å². The Morgan fingerprint density at radius 2 is 1.71 bits per heavy atom. The predicted octanol–water partition coefficient (Wildman–Crippen LogP) is 3.53. The fraction of sp³-hybridized carbons (Fsp3) is 0.389. The fourth-order valence-corrected chi connectivity index (χ4v) is 2.44. The van der Waals surface area contributed by atoms with Crippen LogP contribution >= 0.6 is 0 Å². The van der Waals surface area contributed by atoms with Crippen molar-refractivity contribution in [2.45, 2.75) is 33.9 Å². The number of aromatic nitrogens is 1. The first-order valence-corrected chi connectivity index (χ1v) is 7.68. The molecule has 0 bridgehead atoms. The summed E-state index contributed by atoms with van der Waals surface area (Å²) in [6, 6.07) is 10.9. The number of hydrogen-bond donors (Lipinski definition) is 1. The van der Waals surface area contributed by atoms with E-state index < -0.39 is 0 Å². The average Bonchev–Trinajstić information content (AvgIpc) is 2.52. The number of benzene rings is 1. The molecule has 0 amide bonds. The predicted molar refractivity (Wildman–Crippen MR) is 89.5 cm³/mol. The Morgan fingerprint density at radius 3 is 2.33 bits per heavy atom. The van der Waals surface area contributed by atoms with Crippen molar-refractivity contribution in [1.82, 2.24) is 10.3 Å². The summed E-state index contributed by atoms with van der Waals surface area (Å²) in [5.41, 5.74) is 5.16. The summed E-state index contributed by atoms with van der Waals surface area (Å²) < 4.78 is 0. The SMILES string of the molecule is CCN(CC)c1ccc(CNCc2cnccc2C)cc1. The van der Waals surface area contributed by atoms with Crippen LogP contribution in [-0.4, -0.2) is 18.1 Å². The van der Waals surface area contributed by atoms with Gasteiger partial charge in [0, 0.05) is 44.3 Å². The second-order valence-electron chi connectivity index (χ2n) is 5.24. The third-order valence-corrected chi connectivity index (χ3v) is 3.86. The standard InChI is InChI=1S/C18H25N3/c1-4-21(5-2)18-8-6-16(7-9-18)12-20-14-17-13-19-11-10-15(17)3/h6-11,13,20H,4-5,12,14H2,1-3H3. The highest BCUT2D eigenvalue weighted by Gasteiger charge is 2.02. The first kappa shape index (κ1) is 15.5. The van der Waals surface area contributed by atoms with Crippen molar-refractivity contribution in [2.24, 2.45) is 0 Å². The first-order valence-electron chi connectivity index (χ1n) is 7.68. The first-order chi connectivity index (χ1) is 10.2. The van der Waals surface area contributed by atoms with E-state index in [9.17, 15) is 0 Å². The van der Waals surface area contributed by atoms with Gasteiger partial charge in [-0.25, -0.2) is 0 Å². The Morgan fingerprint density at radius 1 is 1.00 bits per heavy atom. The normalized spacial score (nSPS) is 10.6. The largest absolute Gasteiger partial charge is 0.372 e. The molecule has 3 nitrogen and oxygen atoms in total. The summed E-state index contributed by atoms with van der Waals surface area (Å²) in [7, 11) is 0. The summed E-state index contributed by atoms with van der Waals surface area (Å²) >= 11 is 0. The number of anilines is 1.